The first-order valence-corrected chi connectivity index (χ1v) is 11.9. The number of hydrogen-bond acceptors (Lipinski definition) is 5. The molecule has 0 aliphatic heterocycles. The zero-order valence-electron chi connectivity index (χ0n) is 17.8. The molecule has 0 atom stereocenters. The maximum atomic E-state index is 4.10. The maximum Gasteiger partial charge on any atom is 0.0794 e. The van der Waals surface area contributed by atoms with Crippen molar-refractivity contribution in [3.05, 3.63) is 83.6 Å². The standard InChI is InChI=1S/C15H18N4S2.C9H9N/c1-19(10-14-9-16-11-20-14)7-6-18-21-13-3-2-12-4-5-17-15(12)8-13;1-10-7-6-8-4-2-3-5-9(8)10/h2-5,8-9,11,17-18H,6-7,10H2,1H3;2-7H,1H3. The lowest BCUT2D eigenvalue weighted by Gasteiger charge is -2.15. The molecule has 2 aromatic carbocycles. The molecule has 3 heterocycles. The van der Waals surface area contributed by atoms with E-state index in [9.17, 15) is 0 Å². The third-order valence-electron chi connectivity index (χ3n) is 5.02. The van der Waals surface area contributed by atoms with Crippen LogP contribution in [0, 0.1) is 0 Å². The van der Waals surface area contributed by atoms with Crippen LogP contribution in [0.1, 0.15) is 4.88 Å². The number of thiazole rings is 1. The molecule has 0 saturated carbocycles. The van der Waals surface area contributed by atoms with Gasteiger partial charge in [0, 0.05) is 66.1 Å². The molecular formula is C24H27N5S2. The molecule has 5 rings (SSSR count). The molecule has 2 N–H and O–H groups in total. The summed E-state index contributed by atoms with van der Waals surface area (Å²) < 4.78 is 5.54. The number of likely N-dealkylation sites (N-methyl/N-ethyl adjacent to an activating group) is 1. The van der Waals surface area contributed by atoms with Gasteiger partial charge in [-0.3, -0.25) is 14.6 Å². The number of rotatable bonds is 7. The maximum absolute atomic E-state index is 4.10. The summed E-state index contributed by atoms with van der Waals surface area (Å²) in [7, 11) is 4.19. The number of hydrogen-bond donors (Lipinski definition) is 2. The van der Waals surface area contributed by atoms with Gasteiger partial charge in [-0.05, 0) is 60.1 Å². The lowest BCUT2D eigenvalue weighted by Crippen LogP contribution is -2.25. The van der Waals surface area contributed by atoms with Crippen LogP contribution in [0.15, 0.2) is 83.6 Å². The van der Waals surface area contributed by atoms with E-state index in [-0.39, 0.29) is 0 Å². The molecule has 7 heteroatoms. The summed E-state index contributed by atoms with van der Waals surface area (Å²) in [5, 5.41) is 2.56. The molecule has 0 aliphatic rings. The predicted octanol–water partition coefficient (Wildman–Crippen LogP) is 5.53. The fraction of sp³-hybridized carbons (Fsp3) is 0.208. The van der Waals surface area contributed by atoms with Crippen LogP contribution in [0.2, 0.25) is 0 Å². The number of nitrogens with one attached hydrogen (secondary N) is 2. The number of aromatic amines is 1. The Labute approximate surface area is 191 Å². The van der Waals surface area contributed by atoms with Crippen LogP contribution in [0.3, 0.4) is 0 Å². The lowest BCUT2D eigenvalue weighted by atomic mass is 10.2. The van der Waals surface area contributed by atoms with Crippen molar-refractivity contribution < 1.29 is 0 Å². The van der Waals surface area contributed by atoms with Gasteiger partial charge in [-0.25, -0.2) is 0 Å². The van der Waals surface area contributed by atoms with Crippen molar-refractivity contribution in [2.75, 3.05) is 20.1 Å². The van der Waals surface area contributed by atoms with Gasteiger partial charge in [-0.15, -0.1) is 11.3 Å². The zero-order chi connectivity index (χ0) is 21.5. The molecule has 0 fully saturated rings. The van der Waals surface area contributed by atoms with E-state index in [2.05, 4.69) is 99.0 Å². The molecule has 3 aromatic heterocycles. The van der Waals surface area contributed by atoms with Crippen molar-refractivity contribution in [3.8, 4) is 0 Å². The average molecular weight is 450 g/mol. The Hall–Kier alpha value is -2.58. The molecule has 5 aromatic rings. The van der Waals surface area contributed by atoms with Gasteiger partial charge >= 0.3 is 0 Å². The van der Waals surface area contributed by atoms with Gasteiger partial charge in [0.1, 0.15) is 0 Å². The number of aromatic nitrogens is 3. The largest absolute Gasteiger partial charge is 0.361 e. The number of para-hydroxylation sites is 1. The molecule has 160 valence electrons. The summed E-state index contributed by atoms with van der Waals surface area (Å²) >= 11 is 3.39. The van der Waals surface area contributed by atoms with Crippen LogP contribution in [-0.4, -0.2) is 39.6 Å². The van der Waals surface area contributed by atoms with E-state index in [0.717, 1.165) is 19.6 Å². The Morgan fingerprint density at radius 1 is 1.13 bits per heavy atom. The normalized spacial score (nSPS) is 11.2. The van der Waals surface area contributed by atoms with Crippen LogP contribution < -0.4 is 4.72 Å². The van der Waals surface area contributed by atoms with Crippen molar-refractivity contribution in [2.24, 2.45) is 7.05 Å². The molecule has 0 unspecified atom stereocenters. The van der Waals surface area contributed by atoms with Crippen LogP contribution >= 0.6 is 23.3 Å². The highest BCUT2D eigenvalue weighted by molar-refractivity contribution is 7.97. The van der Waals surface area contributed by atoms with E-state index >= 15 is 0 Å². The van der Waals surface area contributed by atoms with Crippen molar-refractivity contribution >= 4 is 45.1 Å². The second kappa shape index (κ2) is 10.6. The summed E-state index contributed by atoms with van der Waals surface area (Å²) in [6.45, 7) is 2.92. The summed E-state index contributed by atoms with van der Waals surface area (Å²) in [4.78, 5) is 12.2. The minimum atomic E-state index is 0.947. The zero-order valence-corrected chi connectivity index (χ0v) is 19.4. The third-order valence-corrected chi connectivity index (χ3v) is 6.62. The van der Waals surface area contributed by atoms with E-state index in [0.29, 0.717) is 0 Å². The fourth-order valence-corrected chi connectivity index (χ4v) is 4.70. The van der Waals surface area contributed by atoms with E-state index in [1.54, 1.807) is 23.3 Å². The first kappa shape index (κ1) is 21.6. The summed E-state index contributed by atoms with van der Waals surface area (Å²) in [6.07, 6.45) is 5.99. The SMILES string of the molecule is CN(CCNSc1ccc2cc[nH]c2c1)Cc1cncs1.Cn1ccc2ccccc21. The van der Waals surface area contributed by atoms with Crippen LogP contribution in [0.5, 0.6) is 0 Å². The Balaban J connectivity index is 0.000000192. The molecule has 31 heavy (non-hydrogen) atoms. The Morgan fingerprint density at radius 2 is 2.03 bits per heavy atom. The lowest BCUT2D eigenvalue weighted by molar-refractivity contribution is 0.336. The number of nitrogens with zero attached hydrogens (tertiary/aromatic N) is 3. The second-order valence-corrected chi connectivity index (χ2v) is 9.35. The Morgan fingerprint density at radius 3 is 2.87 bits per heavy atom. The highest BCUT2D eigenvalue weighted by Gasteiger charge is 2.02. The summed E-state index contributed by atoms with van der Waals surface area (Å²) in [5.74, 6) is 0. The van der Waals surface area contributed by atoms with Crippen molar-refractivity contribution in [1.29, 1.82) is 0 Å². The smallest absolute Gasteiger partial charge is 0.0794 e. The number of benzene rings is 2. The topological polar surface area (TPSA) is 48.9 Å². The molecule has 0 spiro atoms. The minimum absolute atomic E-state index is 0.947. The van der Waals surface area contributed by atoms with Crippen molar-refractivity contribution in [3.63, 3.8) is 0 Å². The van der Waals surface area contributed by atoms with Gasteiger partial charge in [-0.2, -0.15) is 0 Å². The molecule has 0 amide bonds. The van der Waals surface area contributed by atoms with Gasteiger partial charge in [0.25, 0.3) is 0 Å². The molecule has 0 aliphatic carbocycles. The Kier molecular flexibility index (Phi) is 7.43. The molecular weight excluding hydrogens is 422 g/mol. The van der Waals surface area contributed by atoms with Crippen LogP contribution in [0.4, 0.5) is 0 Å². The van der Waals surface area contributed by atoms with E-state index in [4.69, 9.17) is 0 Å². The summed E-state index contributed by atoms with van der Waals surface area (Å²) in [6, 6.07) is 19.0. The van der Waals surface area contributed by atoms with Gasteiger partial charge in [0.05, 0.1) is 5.51 Å². The van der Waals surface area contributed by atoms with Gasteiger partial charge in [0.2, 0.25) is 0 Å². The molecule has 0 radical (unpaired) electrons. The predicted molar refractivity (Wildman–Crippen MR) is 134 cm³/mol. The molecule has 5 nitrogen and oxygen atoms in total. The third kappa shape index (κ3) is 5.98. The van der Waals surface area contributed by atoms with Crippen molar-refractivity contribution in [2.45, 2.75) is 11.4 Å². The van der Waals surface area contributed by atoms with Gasteiger partial charge in [0.15, 0.2) is 0 Å². The fourth-order valence-electron chi connectivity index (χ4n) is 3.35. The van der Waals surface area contributed by atoms with Crippen LogP contribution in [0.25, 0.3) is 21.8 Å². The monoisotopic (exact) mass is 449 g/mol. The first-order chi connectivity index (χ1) is 15.2. The Bertz CT molecular complexity index is 1210. The number of H-pyrrole nitrogens is 1. The first-order valence-electron chi connectivity index (χ1n) is 10.2. The van der Waals surface area contributed by atoms with E-state index < -0.39 is 0 Å². The quantitative estimate of drug-likeness (QED) is 0.253. The summed E-state index contributed by atoms with van der Waals surface area (Å²) in [5.41, 5.74) is 4.36. The highest BCUT2D eigenvalue weighted by Crippen LogP contribution is 2.20. The van der Waals surface area contributed by atoms with Gasteiger partial charge < -0.3 is 9.55 Å². The second-order valence-electron chi connectivity index (χ2n) is 7.41. The molecule has 0 bridgehead atoms. The number of fused-ring (bicyclic) bond motifs is 2. The minimum Gasteiger partial charge on any atom is -0.361 e. The van der Waals surface area contributed by atoms with Crippen molar-refractivity contribution in [1.82, 2.24) is 24.2 Å². The van der Waals surface area contributed by atoms with E-state index in [1.807, 2.05) is 17.9 Å². The molecule has 0 saturated heterocycles. The van der Waals surface area contributed by atoms with E-state index in [1.165, 1.54) is 31.6 Å². The van der Waals surface area contributed by atoms with Crippen LogP contribution in [-0.2, 0) is 13.6 Å². The van der Waals surface area contributed by atoms with Gasteiger partial charge in [-0.1, -0.05) is 24.3 Å². The highest BCUT2D eigenvalue weighted by atomic mass is 32.2. The number of aryl methyl sites for hydroxylation is 1. The average Bonchev–Trinajstić information content (AvgIpc) is 3.54.